The van der Waals surface area contributed by atoms with Gasteiger partial charge in [0.05, 0.1) is 10.7 Å². The number of ether oxygens (including phenoxy) is 1. The van der Waals surface area contributed by atoms with Crippen molar-refractivity contribution in [3.63, 3.8) is 0 Å². The van der Waals surface area contributed by atoms with Crippen LogP contribution in [-0.4, -0.2) is 49.3 Å². The lowest BCUT2D eigenvalue weighted by molar-refractivity contribution is 0.0607. The molecule has 1 fully saturated rings. The third-order valence-corrected chi connectivity index (χ3v) is 7.61. The number of nitrogens with one attached hydrogen (secondary N) is 1. The SMILES string of the molecule is CC(C)(C)OC(=O)N(c1ccon1)S(=O)(=O)c1cc(Cl)c(N[C@H]2CCN(Cc3ccccc3)C2)cc1F. The minimum absolute atomic E-state index is 0.00328. The molecule has 1 aliphatic heterocycles. The number of hydrogen-bond acceptors (Lipinski definition) is 8. The second kappa shape index (κ2) is 10.7. The van der Waals surface area contributed by atoms with Crippen molar-refractivity contribution < 1.29 is 26.9 Å². The first-order valence-corrected chi connectivity index (χ1v) is 13.5. The molecule has 0 bridgehead atoms. The first-order valence-electron chi connectivity index (χ1n) is 11.6. The Bertz CT molecular complexity index is 1350. The Morgan fingerprint density at radius 2 is 2.00 bits per heavy atom. The van der Waals surface area contributed by atoms with E-state index in [1.54, 1.807) is 20.8 Å². The fourth-order valence-corrected chi connectivity index (χ4v) is 5.65. The van der Waals surface area contributed by atoms with Crippen molar-refractivity contribution in [2.75, 3.05) is 22.7 Å². The Hall–Kier alpha value is -3.15. The molecule has 3 aromatic rings. The molecule has 0 unspecified atom stereocenters. The fourth-order valence-electron chi connectivity index (χ4n) is 4.02. The number of nitrogens with zero attached hydrogens (tertiary/aromatic N) is 3. The van der Waals surface area contributed by atoms with E-state index in [1.165, 1.54) is 5.56 Å². The number of halogens is 2. The Morgan fingerprint density at radius 3 is 2.65 bits per heavy atom. The monoisotopic (exact) mass is 550 g/mol. The van der Waals surface area contributed by atoms with Gasteiger partial charge in [0, 0.05) is 31.7 Å². The molecule has 0 aliphatic carbocycles. The summed E-state index contributed by atoms with van der Waals surface area (Å²) in [6, 6.07) is 13.2. The van der Waals surface area contributed by atoms with Crippen LogP contribution in [0.2, 0.25) is 5.02 Å². The molecule has 4 rings (SSSR count). The van der Waals surface area contributed by atoms with E-state index in [4.69, 9.17) is 20.9 Å². The molecule has 0 saturated carbocycles. The van der Waals surface area contributed by atoms with Gasteiger partial charge in [-0.2, -0.15) is 0 Å². The van der Waals surface area contributed by atoms with Gasteiger partial charge < -0.3 is 14.6 Å². The summed E-state index contributed by atoms with van der Waals surface area (Å²) in [6.07, 6.45) is 0.633. The van der Waals surface area contributed by atoms with Crippen molar-refractivity contribution >= 4 is 39.2 Å². The van der Waals surface area contributed by atoms with Crippen molar-refractivity contribution in [1.29, 1.82) is 0 Å². The molecule has 1 amide bonds. The maximum atomic E-state index is 15.3. The number of likely N-dealkylation sites (tertiary alicyclic amines) is 1. The highest BCUT2D eigenvalue weighted by molar-refractivity contribution is 7.93. The smallest absolute Gasteiger partial charge is 0.430 e. The van der Waals surface area contributed by atoms with Gasteiger partial charge in [0.25, 0.3) is 10.0 Å². The fraction of sp³-hybridized carbons (Fsp3) is 0.360. The highest BCUT2D eigenvalue weighted by Gasteiger charge is 2.38. The van der Waals surface area contributed by atoms with Crippen molar-refractivity contribution in [3.05, 3.63) is 71.2 Å². The van der Waals surface area contributed by atoms with Gasteiger partial charge in [-0.1, -0.05) is 47.1 Å². The summed E-state index contributed by atoms with van der Waals surface area (Å²) in [5.41, 5.74) is 0.437. The molecule has 2 aromatic carbocycles. The Balaban J connectivity index is 1.54. The van der Waals surface area contributed by atoms with Crippen LogP contribution in [0.15, 0.2) is 64.2 Å². The van der Waals surface area contributed by atoms with Crippen LogP contribution in [0, 0.1) is 5.82 Å². The topological polar surface area (TPSA) is 105 Å². The summed E-state index contributed by atoms with van der Waals surface area (Å²) >= 11 is 6.39. The van der Waals surface area contributed by atoms with Gasteiger partial charge >= 0.3 is 6.09 Å². The quantitative estimate of drug-likeness (QED) is 0.423. The Kier molecular flexibility index (Phi) is 7.77. The number of benzene rings is 2. The van der Waals surface area contributed by atoms with E-state index in [0.29, 0.717) is 6.54 Å². The van der Waals surface area contributed by atoms with Gasteiger partial charge in [-0.15, -0.1) is 4.31 Å². The van der Waals surface area contributed by atoms with Crippen LogP contribution < -0.4 is 9.62 Å². The van der Waals surface area contributed by atoms with Gasteiger partial charge in [-0.3, -0.25) is 4.90 Å². The number of hydrogen-bond donors (Lipinski definition) is 1. The van der Waals surface area contributed by atoms with Crippen LogP contribution in [0.1, 0.15) is 32.8 Å². The summed E-state index contributed by atoms with van der Waals surface area (Å²) in [5, 5.41) is 6.74. The normalized spacial score (nSPS) is 16.5. The van der Waals surface area contributed by atoms with Crippen molar-refractivity contribution in [1.82, 2.24) is 10.1 Å². The van der Waals surface area contributed by atoms with Crippen molar-refractivity contribution in [2.24, 2.45) is 0 Å². The summed E-state index contributed by atoms with van der Waals surface area (Å²) in [4.78, 5) is 14.3. The van der Waals surface area contributed by atoms with Crippen LogP contribution in [-0.2, 0) is 21.3 Å². The summed E-state index contributed by atoms with van der Waals surface area (Å²) in [7, 11) is -4.80. The number of sulfonamides is 1. The molecule has 0 radical (unpaired) electrons. The molecular formula is C25H28ClFN4O5S. The lowest BCUT2D eigenvalue weighted by Crippen LogP contribution is -2.41. The summed E-state index contributed by atoms with van der Waals surface area (Å²) in [6.45, 7) is 7.06. The minimum atomic E-state index is -4.80. The Morgan fingerprint density at radius 1 is 1.27 bits per heavy atom. The molecule has 1 atom stereocenters. The van der Waals surface area contributed by atoms with E-state index in [1.807, 2.05) is 18.2 Å². The van der Waals surface area contributed by atoms with E-state index >= 15 is 4.39 Å². The third kappa shape index (κ3) is 6.41. The van der Waals surface area contributed by atoms with Gasteiger partial charge in [-0.25, -0.2) is 17.6 Å². The van der Waals surface area contributed by atoms with Crippen molar-refractivity contribution in [2.45, 2.75) is 50.3 Å². The van der Waals surface area contributed by atoms with Gasteiger partial charge in [0.15, 0.2) is 5.82 Å². The Labute approximate surface area is 220 Å². The predicted octanol–water partition coefficient (Wildman–Crippen LogP) is 5.28. The molecule has 12 heteroatoms. The highest BCUT2D eigenvalue weighted by Crippen LogP contribution is 2.33. The number of aromatic nitrogens is 1. The molecule has 9 nitrogen and oxygen atoms in total. The number of anilines is 2. The summed E-state index contributed by atoms with van der Waals surface area (Å²) < 4.78 is 52.3. The van der Waals surface area contributed by atoms with Crippen LogP contribution >= 0.6 is 11.6 Å². The molecule has 2 heterocycles. The molecule has 37 heavy (non-hydrogen) atoms. The molecule has 1 N–H and O–H groups in total. The lowest BCUT2D eigenvalue weighted by Gasteiger charge is -2.25. The first kappa shape index (κ1) is 26.9. The zero-order valence-electron chi connectivity index (χ0n) is 20.6. The van der Waals surface area contributed by atoms with Crippen LogP contribution in [0.5, 0.6) is 0 Å². The third-order valence-electron chi connectivity index (χ3n) is 5.61. The molecule has 198 valence electrons. The number of rotatable bonds is 7. The second-order valence-electron chi connectivity index (χ2n) is 9.72. The largest absolute Gasteiger partial charge is 0.443 e. The average molecular weight is 551 g/mol. The zero-order chi connectivity index (χ0) is 26.8. The van der Waals surface area contributed by atoms with Gasteiger partial charge in [-0.05, 0) is 44.9 Å². The van der Waals surface area contributed by atoms with Crippen LogP contribution in [0.25, 0.3) is 0 Å². The zero-order valence-corrected chi connectivity index (χ0v) is 22.2. The molecule has 1 saturated heterocycles. The van der Waals surface area contributed by atoms with E-state index in [9.17, 15) is 13.2 Å². The van der Waals surface area contributed by atoms with E-state index in [0.717, 1.165) is 44.0 Å². The van der Waals surface area contributed by atoms with Crippen molar-refractivity contribution in [3.8, 4) is 0 Å². The lowest BCUT2D eigenvalue weighted by atomic mass is 10.2. The number of carbonyl (C=O) groups is 1. The van der Waals surface area contributed by atoms with Gasteiger partial charge in [0.2, 0.25) is 0 Å². The molecular weight excluding hydrogens is 523 g/mol. The second-order valence-corrected chi connectivity index (χ2v) is 11.9. The highest BCUT2D eigenvalue weighted by atomic mass is 35.5. The van der Waals surface area contributed by atoms with Crippen LogP contribution in [0.3, 0.4) is 0 Å². The number of carbonyl (C=O) groups excluding carboxylic acids is 1. The predicted molar refractivity (Wildman–Crippen MR) is 138 cm³/mol. The van der Waals surface area contributed by atoms with E-state index in [-0.39, 0.29) is 26.9 Å². The maximum Gasteiger partial charge on any atom is 0.430 e. The van der Waals surface area contributed by atoms with Gasteiger partial charge in [0.1, 0.15) is 22.6 Å². The van der Waals surface area contributed by atoms with E-state index < -0.39 is 32.4 Å². The summed E-state index contributed by atoms with van der Waals surface area (Å²) in [5.74, 6) is -1.46. The molecule has 1 aliphatic rings. The minimum Gasteiger partial charge on any atom is -0.443 e. The standard InChI is InChI=1S/C25H28ClFN4O5S/c1-25(2,3)36-24(32)31(23-10-12-35-29-23)37(33,34)22-13-19(26)21(14-20(22)27)28-18-9-11-30(16-18)15-17-7-5-4-6-8-17/h4-8,10,12-14,18,28H,9,11,15-16H2,1-3H3/t18-/m0/s1. The number of amides is 1. The average Bonchev–Trinajstić information content (AvgIpc) is 3.48. The maximum absolute atomic E-state index is 15.3. The first-order chi connectivity index (χ1) is 17.4. The van der Waals surface area contributed by atoms with Crippen LogP contribution in [0.4, 0.5) is 20.7 Å². The molecule has 1 aromatic heterocycles. The van der Waals surface area contributed by atoms with E-state index in [2.05, 4.69) is 27.5 Å². The molecule has 0 spiro atoms.